The van der Waals surface area contributed by atoms with Gasteiger partial charge in [0.15, 0.2) is 0 Å². The molecule has 0 aliphatic rings. The van der Waals surface area contributed by atoms with Gasteiger partial charge in [-0.1, -0.05) is 24.3 Å². The Kier molecular flexibility index (Phi) is 6.90. The van der Waals surface area contributed by atoms with Crippen molar-refractivity contribution >= 4 is 17.4 Å². The number of thiophene rings is 1. The second-order valence-corrected chi connectivity index (χ2v) is 5.94. The number of amides is 2. The molecule has 0 aliphatic heterocycles. The number of aliphatic hydroxyl groups excluding tert-OH is 1. The third-order valence-electron chi connectivity index (χ3n) is 3.28. The predicted molar refractivity (Wildman–Crippen MR) is 92.0 cm³/mol. The van der Waals surface area contributed by atoms with Crippen LogP contribution in [0.2, 0.25) is 0 Å². The lowest BCUT2D eigenvalue weighted by molar-refractivity contribution is 0.176. The summed E-state index contributed by atoms with van der Waals surface area (Å²) in [6.07, 6.45) is 0.0243. The average Bonchev–Trinajstić information content (AvgIpc) is 3.09. The van der Waals surface area contributed by atoms with Crippen LogP contribution in [0.1, 0.15) is 23.5 Å². The van der Waals surface area contributed by atoms with E-state index in [9.17, 15) is 9.90 Å². The van der Waals surface area contributed by atoms with Gasteiger partial charge in [-0.3, -0.25) is 0 Å². The second kappa shape index (κ2) is 9.17. The van der Waals surface area contributed by atoms with Crippen molar-refractivity contribution in [3.8, 4) is 5.75 Å². The molecular formula is C17H22N2O3S. The first kappa shape index (κ1) is 17.3. The van der Waals surface area contributed by atoms with Crippen LogP contribution < -0.4 is 15.4 Å². The monoisotopic (exact) mass is 334 g/mol. The number of hydrogen-bond acceptors (Lipinski definition) is 4. The molecule has 1 heterocycles. The standard InChI is InChI=1S/C17H22N2O3S/c1-2-22-15-7-4-3-6-13(15)9-10-18-17(21)19-12-14(20)16-8-5-11-23-16/h3-8,11,14,20H,2,9-10,12H2,1H3,(H2,18,19,21)/t14-/m1/s1. The van der Waals surface area contributed by atoms with E-state index < -0.39 is 6.10 Å². The fourth-order valence-electron chi connectivity index (χ4n) is 2.15. The molecule has 3 N–H and O–H groups in total. The van der Waals surface area contributed by atoms with Gasteiger partial charge in [0, 0.05) is 11.4 Å². The van der Waals surface area contributed by atoms with E-state index in [-0.39, 0.29) is 12.6 Å². The SMILES string of the molecule is CCOc1ccccc1CCNC(=O)NC[C@@H](O)c1cccs1. The van der Waals surface area contributed by atoms with Gasteiger partial charge in [-0.05, 0) is 36.4 Å². The molecule has 6 heteroatoms. The average molecular weight is 334 g/mol. The van der Waals surface area contributed by atoms with Crippen LogP contribution in [-0.4, -0.2) is 30.8 Å². The number of carbonyl (C=O) groups excluding carboxylic acids is 1. The van der Waals surface area contributed by atoms with Gasteiger partial charge < -0.3 is 20.5 Å². The number of benzene rings is 1. The van der Waals surface area contributed by atoms with Crippen molar-refractivity contribution in [1.29, 1.82) is 0 Å². The van der Waals surface area contributed by atoms with E-state index in [2.05, 4.69) is 10.6 Å². The zero-order valence-electron chi connectivity index (χ0n) is 13.1. The quantitative estimate of drug-likeness (QED) is 0.695. The molecule has 2 rings (SSSR count). The van der Waals surface area contributed by atoms with E-state index in [1.165, 1.54) is 11.3 Å². The highest BCUT2D eigenvalue weighted by Gasteiger charge is 2.10. The molecule has 0 saturated heterocycles. The van der Waals surface area contributed by atoms with Crippen molar-refractivity contribution in [2.75, 3.05) is 19.7 Å². The fourth-order valence-corrected chi connectivity index (χ4v) is 2.86. The van der Waals surface area contributed by atoms with Gasteiger partial charge in [-0.15, -0.1) is 11.3 Å². The van der Waals surface area contributed by atoms with E-state index in [1.807, 2.05) is 48.7 Å². The molecule has 0 unspecified atom stereocenters. The molecular weight excluding hydrogens is 312 g/mol. The minimum Gasteiger partial charge on any atom is -0.494 e. The topological polar surface area (TPSA) is 70.6 Å². The lowest BCUT2D eigenvalue weighted by atomic mass is 10.1. The van der Waals surface area contributed by atoms with Gasteiger partial charge >= 0.3 is 6.03 Å². The van der Waals surface area contributed by atoms with Crippen LogP contribution in [0.3, 0.4) is 0 Å². The number of carbonyl (C=O) groups is 1. The molecule has 0 saturated carbocycles. The number of nitrogens with one attached hydrogen (secondary N) is 2. The summed E-state index contributed by atoms with van der Waals surface area (Å²) in [7, 11) is 0. The highest BCUT2D eigenvalue weighted by molar-refractivity contribution is 7.10. The van der Waals surface area contributed by atoms with Crippen LogP contribution in [0.4, 0.5) is 4.79 Å². The zero-order chi connectivity index (χ0) is 16.5. The summed E-state index contributed by atoms with van der Waals surface area (Å²) in [6.45, 7) is 3.26. The predicted octanol–water partition coefficient (Wildman–Crippen LogP) is 2.72. The van der Waals surface area contributed by atoms with Crippen molar-refractivity contribution in [1.82, 2.24) is 10.6 Å². The van der Waals surface area contributed by atoms with Crippen molar-refractivity contribution in [3.63, 3.8) is 0 Å². The summed E-state index contributed by atoms with van der Waals surface area (Å²) < 4.78 is 5.55. The summed E-state index contributed by atoms with van der Waals surface area (Å²) in [5, 5.41) is 17.3. The molecule has 0 fully saturated rings. The number of para-hydroxylation sites is 1. The maximum Gasteiger partial charge on any atom is 0.314 e. The van der Waals surface area contributed by atoms with Crippen LogP contribution in [0, 0.1) is 0 Å². The first-order chi connectivity index (χ1) is 11.2. The number of ether oxygens (including phenoxy) is 1. The number of aliphatic hydroxyl groups is 1. The Morgan fingerprint density at radius 1 is 1.26 bits per heavy atom. The lowest BCUT2D eigenvalue weighted by Gasteiger charge is -2.12. The third-order valence-corrected chi connectivity index (χ3v) is 4.25. The largest absolute Gasteiger partial charge is 0.494 e. The summed E-state index contributed by atoms with van der Waals surface area (Å²) in [6, 6.07) is 11.2. The molecule has 2 aromatic rings. The van der Waals surface area contributed by atoms with Crippen molar-refractivity contribution in [3.05, 3.63) is 52.2 Å². The number of rotatable bonds is 8. The highest BCUT2D eigenvalue weighted by atomic mass is 32.1. The molecule has 23 heavy (non-hydrogen) atoms. The van der Waals surface area contributed by atoms with Crippen LogP contribution in [-0.2, 0) is 6.42 Å². The van der Waals surface area contributed by atoms with E-state index >= 15 is 0 Å². The van der Waals surface area contributed by atoms with E-state index in [1.54, 1.807) is 0 Å². The molecule has 5 nitrogen and oxygen atoms in total. The third kappa shape index (κ3) is 5.58. The van der Waals surface area contributed by atoms with E-state index in [0.717, 1.165) is 16.2 Å². The molecule has 0 radical (unpaired) electrons. The zero-order valence-corrected chi connectivity index (χ0v) is 13.9. The van der Waals surface area contributed by atoms with E-state index in [0.29, 0.717) is 19.6 Å². The molecule has 1 aromatic carbocycles. The molecule has 1 aromatic heterocycles. The number of urea groups is 1. The number of hydrogen-bond donors (Lipinski definition) is 3. The van der Waals surface area contributed by atoms with Gasteiger partial charge in [0.2, 0.25) is 0 Å². The lowest BCUT2D eigenvalue weighted by Crippen LogP contribution is -2.38. The normalized spacial score (nSPS) is 11.7. The first-order valence-corrected chi connectivity index (χ1v) is 8.52. The molecule has 0 bridgehead atoms. The Hall–Kier alpha value is -2.05. The molecule has 0 aliphatic carbocycles. The van der Waals surface area contributed by atoms with E-state index in [4.69, 9.17) is 4.74 Å². The summed E-state index contributed by atoms with van der Waals surface area (Å²) in [4.78, 5) is 12.6. The second-order valence-electron chi connectivity index (χ2n) is 4.96. The Morgan fingerprint density at radius 3 is 2.83 bits per heavy atom. The maximum atomic E-state index is 11.8. The molecule has 0 spiro atoms. The van der Waals surface area contributed by atoms with Gasteiger partial charge in [0.05, 0.1) is 13.2 Å². The van der Waals surface area contributed by atoms with Gasteiger partial charge in [0.1, 0.15) is 11.9 Å². The Balaban J connectivity index is 1.71. The smallest absolute Gasteiger partial charge is 0.314 e. The Bertz CT molecular complexity index is 602. The molecule has 1 atom stereocenters. The summed E-state index contributed by atoms with van der Waals surface area (Å²) in [5.74, 6) is 0.852. The molecule has 124 valence electrons. The summed E-state index contributed by atoms with van der Waals surface area (Å²) in [5.41, 5.74) is 1.06. The first-order valence-electron chi connectivity index (χ1n) is 7.64. The Labute approximate surface area is 140 Å². The van der Waals surface area contributed by atoms with Crippen molar-refractivity contribution < 1.29 is 14.6 Å². The van der Waals surface area contributed by atoms with Crippen LogP contribution in [0.5, 0.6) is 5.75 Å². The van der Waals surface area contributed by atoms with Crippen LogP contribution >= 0.6 is 11.3 Å². The summed E-state index contributed by atoms with van der Waals surface area (Å²) >= 11 is 1.47. The van der Waals surface area contributed by atoms with Gasteiger partial charge in [-0.2, -0.15) is 0 Å². The highest BCUT2D eigenvalue weighted by Crippen LogP contribution is 2.18. The maximum absolute atomic E-state index is 11.8. The fraction of sp³-hybridized carbons (Fsp3) is 0.353. The molecule has 2 amide bonds. The van der Waals surface area contributed by atoms with Crippen LogP contribution in [0.25, 0.3) is 0 Å². The van der Waals surface area contributed by atoms with Crippen LogP contribution in [0.15, 0.2) is 41.8 Å². The van der Waals surface area contributed by atoms with Gasteiger partial charge in [-0.25, -0.2) is 4.79 Å². The van der Waals surface area contributed by atoms with Crippen molar-refractivity contribution in [2.24, 2.45) is 0 Å². The Morgan fingerprint density at radius 2 is 2.09 bits per heavy atom. The minimum atomic E-state index is -0.667. The minimum absolute atomic E-state index is 0.196. The van der Waals surface area contributed by atoms with Crippen molar-refractivity contribution in [2.45, 2.75) is 19.4 Å². The van der Waals surface area contributed by atoms with Gasteiger partial charge in [0.25, 0.3) is 0 Å².